The third-order valence-corrected chi connectivity index (χ3v) is 2.18. The number of benzene rings is 1. The van der Waals surface area contributed by atoms with Crippen molar-refractivity contribution < 1.29 is 14.6 Å². The summed E-state index contributed by atoms with van der Waals surface area (Å²) in [5.74, 6) is -0.108. The number of amides is 1. The maximum Gasteiger partial charge on any atom is 0.226 e. The monoisotopic (exact) mass is 238 g/mol. The fourth-order valence-corrected chi connectivity index (χ4v) is 1.28. The van der Waals surface area contributed by atoms with Crippen LogP contribution in [-0.4, -0.2) is 30.8 Å². The van der Waals surface area contributed by atoms with Gasteiger partial charge in [0, 0.05) is 12.2 Å². The Morgan fingerprint density at radius 2 is 2.00 bits per heavy atom. The van der Waals surface area contributed by atoms with Gasteiger partial charge in [0.1, 0.15) is 0 Å². The number of aliphatic hydroxyl groups is 1. The van der Waals surface area contributed by atoms with E-state index in [4.69, 9.17) is 15.6 Å². The molecule has 4 N–H and O–H groups in total. The number of aliphatic hydroxyl groups excluding tert-OH is 1. The standard InChI is InChI=1S/C12H18N2O3/c13-9-10-1-3-11(4-2-10)14-12(16)5-7-17-8-6-15/h1-4,15H,5-9,13H2,(H,14,16). The number of ether oxygens (including phenoxy) is 1. The van der Waals surface area contributed by atoms with Gasteiger partial charge in [-0.1, -0.05) is 12.1 Å². The summed E-state index contributed by atoms with van der Waals surface area (Å²) in [6, 6.07) is 7.37. The molecule has 1 amide bonds. The number of rotatable bonds is 7. The number of carbonyl (C=O) groups is 1. The van der Waals surface area contributed by atoms with Gasteiger partial charge < -0.3 is 20.9 Å². The summed E-state index contributed by atoms with van der Waals surface area (Å²) in [4.78, 5) is 11.5. The molecule has 1 rings (SSSR count). The lowest BCUT2D eigenvalue weighted by molar-refractivity contribution is -0.117. The molecule has 0 saturated carbocycles. The van der Waals surface area contributed by atoms with E-state index in [1.165, 1.54) is 0 Å². The molecule has 0 aromatic heterocycles. The van der Waals surface area contributed by atoms with Crippen molar-refractivity contribution in [1.82, 2.24) is 0 Å². The van der Waals surface area contributed by atoms with E-state index in [9.17, 15) is 4.79 Å². The molecule has 5 nitrogen and oxygen atoms in total. The Bertz CT molecular complexity index is 338. The van der Waals surface area contributed by atoms with Gasteiger partial charge in [-0.3, -0.25) is 4.79 Å². The van der Waals surface area contributed by atoms with Crippen LogP contribution in [0.15, 0.2) is 24.3 Å². The molecule has 0 unspecified atom stereocenters. The zero-order valence-corrected chi connectivity index (χ0v) is 9.69. The van der Waals surface area contributed by atoms with E-state index in [-0.39, 0.29) is 25.5 Å². The van der Waals surface area contributed by atoms with E-state index >= 15 is 0 Å². The van der Waals surface area contributed by atoms with E-state index in [0.29, 0.717) is 13.2 Å². The first-order valence-electron chi connectivity index (χ1n) is 5.53. The van der Waals surface area contributed by atoms with Crippen LogP contribution in [0.1, 0.15) is 12.0 Å². The summed E-state index contributed by atoms with van der Waals surface area (Å²) >= 11 is 0. The summed E-state index contributed by atoms with van der Waals surface area (Å²) in [7, 11) is 0. The van der Waals surface area contributed by atoms with Crippen molar-refractivity contribution in [2.24, 2.45) is 5.73 Å². The van der Waals surface area contributed by atoms with E-state index in [1.807, 2.05) is 24.3 Å². The van der Waals surface area contributed by atoms with Crippen LogP contribution < -0.4 is 11.1 Å². The molecule has 5 heteroatoms. The van der Waals surface area contributed by atoms with Crippen LogP contribution in [0.2, 0.25) is 0 Å². The lowest BCUT2D eigenvalue weighted by Crippen LogP contribution is -2.14. The minimum Gasteiger partial charge on any atom is -0.394 e. The van der Waals surface area contributed by atoms with Crippen LogP contribution in [0, 0.1) is 0 Å². The molecule has 0 spiro atoms. The first-order valence-corrected chi connectivity index (χ1v) is 5.53. The first-order chi connectivity index (χ1) is 8.26. The average molecular weight is 238 g/mol. The number of nitrogens with one attached hydrogen (secondary N) is 1. The fourth-order valence-electron chi connectivity index (χ4n) is 1.28. The molecular weight excluding hydrogens is 220 g/mol. The van der Waals surface area contributed by atoms with Crippen LogP contribution in [0.4, 0.5) is 5.69 Å². The van der Waals surface area contributed by atoms with Crippen molar-refractivity contribution in [2.75, 3.05) is 25.1 Å². The fraction of sp³-hybridized carbons (Fsp3) is 0.417. The molecular formula is C12H18N2O3. The normalized spacial score (nSPS) is 10.2. The molecule has 0 bridgehead atoms. The SMILES string of the molecule is NCc1ccc(NC(=O)CCOCCO)cc1. The number of anilines is 1. The highest BCUT2D eigenvalue weighted by Gasteiger charge is 2.02. The molecule has 0 aliphatic heterocycles. The zero-order valence-electron chi connectivity index (χ0n) is 9.69. The van der Waals surface area contributed by atoms with Gasteiger partial charge in [-0.2, -0.15) is 0 Å². The van der Waals surface area contributed by atoms with Gasteiger partial charge in [0.15, 0.2) is 0 Å². The summed E-state index contributed by atoms with van der Waals surface area (Å²) < 4.78 is 5.00. The van der Waals surface area contributed by atoms with Crippen LogP contribution in [0.3, 0.4) is 0 Å². The quantitative estimate of drug-likeness (QED) is 0.603. The molecule has 0 aliphatic carbocycles. The number of nitrogens with two attached hydrogens (primary N) is 1. The molecule has 1 aromatic carbocycles. The number of hydrogen-bond donors (Lipinski definition) is 3. The van der Waals surface area contributed by atoms with Crippen molar-refractivity contribution in [3.63, 3.8) is 0 Å². The highest BCUT2D eigenvalue weighted by atomic mass is 16.5. The molecule has 1 aromatic rings. The van der Waals surface area contributed by atoms with Crippen molar-refractivity contribution in [3.05, 3.63) is 29.8 Å². The third-order valence-electron chi connectivity index (χ3n) is 2.18. The first kappa shape index (κ1) is 13.6. The number of hydrogen-bond acceptors (Lipinski definition) is 4. The van der Waals surface area contributed by atoms with Gasteiger partial charge in [0.05, 0.1) is 26.2 Å². The molecule has 0 radical (unpaired) electrons. The molecule has 0 aliphatic rings. The lowest BCUT2D eigenvalue weighted by Gasteiger charge is -2.06. The Labute approximate surface area is 101 Å². The van der Waals surface area contributed by atoms with E-state index in [1.54, 1.807) is 0 Å². The predicted octanol–water partition coefficient (Wildman–Crippen LogP) is 0.483. The van der Waals surface area contributed by atoms with Gasteiger partial charge in [0.25, 0.3) is 0 Å². The Balaban J connectivity index is 2.29. The van der Waals surface area contributed by atoms with E-state index in [0.717, 1.165) is 11.3 Å². The summed E-state index contributed by atoms with van der Waals surface area (Å²) in [5, 5.41) is 11.2. The van der Waals surface area contributed by atoms with Crippen molar-refractivity contribution in [3.8, 4) is 0 Å². The third kappa shape index (κ3) is 5.44. The maximum atomic E-state index is 11.5. The van der Waals surface area contributed by atoms with Crippen LogP contribution in [0.25, 0.3) is 0 Å². The highest BCUT2D eigenvalue weighted by Crippen LogP contribution is 2.09. The molecule has 0 fully saturated rings. The van der Waals surface area contributed by atoms with Crippen LogP contribution in [0.5, 0.6) is 0 Å². The Hall–Kier alpha value is -1.43. The van der Waals surface area contributed by atoms with Gasteiger partial charge >= 0.3 is 0 Å². The molecule has 94 valence electrons. The van der Waals surface area contributed by atoms with Crippen molar-refractivity contribution >= 4 is 11.6 Å². The Morgan fingerprint density at radius 1 is 1.29 bits per heavy atom. The largest absolute Gasteiger partial charge is 0.394 e. The lowest BCUT2D eigenvalue weighted by atomic mass is 10.2. The summed E-state index contributed by atoms with van der Waals surface area (Å²) in [6.07, 6.45) is 0.276. The van der Waals surface area contributed by atoms with Gasteiger partial charge in [-0.15, -0.1) is 0 Å². The second-order valence-electron chi connectivity index (χ2n) is 3.54. The topological polar surface area (TPSA) is 84.6 Å². The molecule has 0 atom stereocenters. The average Bonchev–Trinajstić information content (AvgIpc) is 2.36. The predicted molar refractivity (Wildman–Crippen MR) is 65.5 cm³/mol. The summed E-state index contributed by atoms with van der Waals surface area (Å²) in [5.41, 5.74) is 7.24. The minimum atomic E-state index is -0.108. The smallest absolute Gasteiger partial charge is 0.226 e. The molecule has 0 saturated heterocycles. The zero-order chi connectivity index (χ0) is 12.5. The Morgan fingerprint density at radius 3 is 2.59 bits per heavy atom. The van der Waals surface area contributed by atoms with Crippen LogP contribution >= 0.6 is 0 Å². The molecule has 17 heavy (non-hydrogen) atoms. The Kier molecular flexibility index (Phi) is 6.24. The van der Waals surface area contributed by atoms with Gasteiger partial charge in [0.2, 0.25) is 5.91 Å². The number of carbonyl (C=O) groups excluding carboxylic acids is 1. The second-order valence-corrected chi connectivity index (χ2v) is 3.54. The molecule has 0 heterocycles. The maximum absolute atomic E-state index is 11.5. The minimum absolute atomic E-state index is 0.0256. The summed E-state index contributed by atoms with van der Waals surface area (Å²) in [6.45, 7) is 1.04. The second kappa shape index (κ2) is 7.78. The van der Waals surface area contributed by atoms with E-state index < -0.39 is 0 Å². The van der Waals surface area contributed by atoms with Crippen molar-refractivity contribution in [2.45, 2.75) is 13.0 Å². The van der Waals surface area contributed by atoms with Crippen LogP contribution in [-0.2, 0) is 16.1 Å². The van der Waals surface area contributed by atoms with Gasteiger partial charge in [-0.05, 0) is 17.7 Å². The highest BCUT2D eigenvalue weighted by molar-refractivity contribution is 5.90. The van der Waals surface area contributed by atoms with Gasteiger partial charge in [-0.25, -0.2) is 0 Å². The van der Waals surface area contributed by atoms with E-state index in [2.05, 4.69) is 5.32 Å². The van der Waals surface area contributed by atoms with Crippen molar-refractivity contribution in [1.29, 1.82) is 0 Å².